The lowest BCUT2D eigenvalue weighted by Gasteiger charge is -2.19. The van der Waals surface area contributed by atoms with Crippen LogP contribution in [0.1, 0.15) is 37.7 Å². The van der Waals surface area contributed by atoms with Gasteiger partial charge in [-0.3, -0.25) is 4.98 Å². The SMILES string of the molecule is Cc1cnc(C)c(Oc2ccc(C(C)(C)C)cc2)n1. The van der Waals surface area contributed by atoms with E-state index in [0.29, 0.717) is 5.88 Å². The van der Waals surface area contributed by atoms with Gasteiger partial charge in [0.05, 0.1) is 11.4 Å². The number of nitrogens with zero attached hydrogens (tertiary/aromatic N) is 2. The summed E-state index contributed by atoms with van der Waals surface area (Å²) in [4.78, 5) is 8.60. The Morgan fingerprint density at radius 3 is 2.21 bits per heavy atom. The Kier molecular flexibility index (Phi) is 3.56. The second-order valence-electron chi connectivity index (χ2n) is 5.78. The Morgan fingerprint density at radius 2 is 1.63 bits per heavy atom. The smallest absolute Gasteiger partial charge is 0.241 e. The molecule has 0 unspecified atom stereocenters. The molecule has 1 heterocycles. The molecule has 0 spiro atoms. The van der Waals surface area contributed by atoms with Crippen molar-refractivity contribution in [3.63, 3.8) is 0 Å². The average Bonchev–Trinajstić information content (AvgIpc) is 2.33. The molecular formula is C16H20N2O. The van der Waals surface area contributed by atoms with Crippen LogP contribution < -0.4 is 4.74 Å². The molecule has 0 aliphatic heterocycles. The molecule has 0 amide bonds. The molecule has 100 valence electrons. The first-order valence-electron chi connectivity index (χ1n) is 6.45. The molecule has 1 aromatic carbocycles. The van der Waals surface area contributed by atoms with E-state index < -0.39 is 0 Å². The summed E-state index contributed by atoms with van der Waals surface area (Å²) in [5.74, 6) is 1.36. The van der Waals surface area contributed by atoms with Crippen molar-refractivity contribution in [3.8, 4) is 11.6 Å². The molecule has 2 rings (SSSR count). The van der Waals surface area contributed by atoms with Gasteiger partial charge in [0, 0.05) is 6.20 Å². The van der Waals surface area contributed by atoms with Gasteiger partial charge in [-0.25, -0.2) is 4.98 Å². The lowest BCUT2D eigenvalue weighted by molar-refractivity contribution is 0.453. The van der Waals surface area contributed by atoms with E-state index >= 15 is 0 Å². The molecule has 0 saturated carbocycles. The van der Waals surface area contributed by atoms with Gasteiger partial charge in [0.2, 0.25) is 5.88 Å². The number of ether oxygens (including phenoxy) is 1. The van der Waals surface area contributed by atoms with E-state index in [1.165, 1.54) is 5.56 Å². The highest BCUT2D eigenvalue weighted by Gasteiger charge is 2.13. The summed E-state index contributed by atoms with van der Waals surface area (Å²) in [7, 11) is 0. The summed E-state index contributed by atoms with van der Waals surface area (Å²) >= 11 is 0. The van der Waals surface area contributed by atoms with Crippen molar-refractivity contribution in [2.24, 2.45) is 0 Å². The Hall–Kier alpha value is -1.90. The van der Waals surface area contributed by atoms with Crippen LogP contribution in [0.3, 0.4) is 0 Å². The second kappa shape index (κ2) is 5.00. The molecule has 2 aromatic rings. The summed E-state index contributed by atoms with van der Waals surface area (Å²) < 4.78 is 5.78. The van der Waals surface area contributed by atoms with Crippen molar-refractivity contribution in [3.05, 3.63) is 47.4 Å². The molecule has 0 radical (unpaired) electrons. The van der Waals surface area contributed by atoms with E-state index in [0.717, 1.165) is 17.1 Å². The minimum absolute atomic E-state index is 0.150. The zero-order valence-electron chi connectivity index (χ0n) is 12.2. The number of hydrogen-bond acceptors (Lipinski definition) is 3. The average molecular weight is 256 g/mol. The molecule has 0 bridgehead atoms. The van der Waals surface area contributed by atoms with Crippen LogP contribution in [0.15, 0.2) is 30.5 Å². The fraction of sp³-hybridized carbons (Fsp3) is 0.375. The molecule has 3 nitrogen and oxygen atoms in total. The summed E-state index contributed by atoms with van der Waals surface area (Å²) in [5, 5.41) is 0. The molecule has 19 heavy (non-hydrogen) atoms. The maximum atomic E-state index is 5.78. The summed E-state index contributed by atoms with van der Waals surface area (Å²) in [6.07, 6.45) is 1.74. The van der Waals surface area contributed by atoms with Gasteiger partial charge in [-0.05, 0) is 37.0 Å². The first-order valence-corrected chi connectivity index (χ1v) is 6.45. The number of rotatable bonds is 2. The third-order valence-corrected chi connectivity index (χ3v) is 2.97. The van der Waals surface area contributed by atoms with Crippen molar-refractivity contribution in [2.45, 2.75) is 40.0 Å². The zero-order chi connectivity index (χ0) is 14.0. The van der Waals surface area contributed by atoms with E-state index in [2.05, 4.69) is 42.9 Å². The van der Waals surface area contributed by atoms with Gasteiger partial charge >= 0.3 is 0 Å². The first kappa shape index (κ1) is 13.5. The fourth-order valence-corrected chi connectivity index (χ4v) is 1.75. The molecule has 0 N–H and O–H groups in total. The van der Waals surface area contributed by atoms with Crippen molar-refractivity contribution < 1.29 is 4.74 Å². The normalized spacial score (nSPS) is 11.4. The van der Waals surface area contributed by atoms with Crippen LogP contribution in [0.25, 0.3) is 0 Å². The molecule has 0 atom stereocenters. The third kappa shape index (κ3) is 3.31. The quantitative estimate of drug-likeness (QED) is 0.808. The molecule has 0 saturated heterocycles. The molecule has 0 fully saturated rings. The molecule has 0 aliphatic carbocycles. The highest BCUT2D eigenvalue weighted by atomic mass is 16.5. The molecule has 3 heteroatoms. The van der Waals surface area contributed by atoms with Gasteiger partial charge in [-0.15, -0.1) is 0 Å². The molecule has 0 aliphatic rings. The standard InChI is InChI=1S/C16H20N2O/c1-11-10-17-12(2)15(18-11)19-14-8-6-13(7-9-14)16(3,4)5/h6-10H,1-5H3. The van der Waals surface area contributed by atoms with Gasteiger partial charge in [0.1, 0.15) is 5.75 Å². The minimum atomic E-state index is 0.150. The highest BCUT2D eigenvalue weighted by molar-refractivity contribution is 5.34. The Balaban J connectivity index is 2.22. The van der Waals surface area contributed by atoms with Crippen molar-refractivity contribution in [2.75, 3.05) is 0 Å². The van der Waals surface area contributed by atoms with E-state index in [9.17, 15) is 0 Å². The van der Waals surface area contributed by atoms with Crippen molar-refractivity contribution in [1.82, 2.24) is 9.97 Å². The Morgan fingerprint density at radius 1 is 1.00 bits per heavy atom. The van der Waals surface area contributed by atoms with Gasteiger partial charge < -0.3 is 4.74 Å². The number of aryl methyl sites for hydroxylation is 2. The first-order chi connectivity index (χ1) is 8.86. The molecule has 1 aromatic heterocycles. The summed E-state index contributed by atoms with van der Waals surface area (Å²) in [6, 6.07) is 8.13. The van der Waals surface area contributed by atoms with Crippen LogP contribution in [0, 0.1) is 13.8 Å². The lowest BCUT2D eigenvalue weighted by atomic mass is 9.87. The Labute approximate surface area is 114 Å². The van der Waals surface area contributed by atoms with Crippen LogP contribution in [-0.2, 0) is 5.41 Å². The highest BCUT2D eigenvalue weighted by Crippen LogP contribution is 2.27. The van der Waals surface area contributed by atoms with Gasteiger partial charge in [0.15, 0.2) is 0 Å². The van der Waals surface area contributed by atoms with Crippen LogP contribution in [-0.4, -0.2) is 9.97 Å². The lowest BCUT2D eigenvalue weighted by Crippen LogP contribution is -2.10. The van der Waals surface area contributed by atoms with Crippen LogP contribution in [0.2, 0.25) is 0 Å². The van der Waals surface area contributed by atoms with Crippen LogP contribution >= 0.6 is 0 Å². The fourth-order valence-electron chi connectivity index (χ4n) is 1.75. The number of hydrogen-bond donors (Lipinski definition) is 0. The van der Waals surface area contributed by atoms with Crippen molar-refractivity contribution >= 4 is 0 Å². The van der Waals surface area contributed by atoms with Crippen LogP contribution in [0.4, 0.5) is 0 Å². The van der Waals surface area contributed by atoms with E-state index in [-0.39, 0.29) is 5.41 Å². The van der Waals surface area contributed by atoms with Crippen LogP contribution in [0.5, 0.6) is 11.6 Å². The maximum absolute atomic E-state index is 5.78. The predicted octanol–water partition coefficient (Wildman–Crippen LogP) is 4.18. The number of benzene rings is 1. The van der Waals surface area contributed by atoms with Gasteiger partial charge in [-0.1, -0.05) is 32.9 Å². The number of aromatic nitrogens is 2. The molecular weight excluding hydrogens is 236 g/mol. The predicted molar refractivity (Wildman–Crippen MR) is 76.7 cm³/mol. The maximum Gasteiger partial charge on any atom is 0.241 e. The zero-order valence-corrected chi connectivity index (χ0v) is 12.2. The largest absolute Gasteiger partial charge is 0.437 e. The van der Waals surface area contributed by atoms with E-state index in [4.69, 9.17) is 4.74 Å². The van der Waals surface area contributed by atoms with Crippen molar-refractivity contribution in [1.29, 1.82) is 0 Å². The monoisotopic (exact) mass is 256 g/mol. The van der Waals surface area contributed by atoms with Gasteiger partial charge in [0.25, 0.3) is 0 Å². The Bertz CT molecular complexity index is 568. The second-order valence-corrected chi connectivity index (χ2v) is 5.78. The third-order valence-electron chi connectivity index (χ3n) is 2.97. The van der Waals surface area contributed by atoms with E-state index in [1.54, 1.807) is 6.20 Å². The van der Waals surface area contributed by atoms with E-state index in [1.807, 2.05) is 26.0 Å². The topological polar surface area (TPSA) is 35.0 Å². The minimum Gasteiger partial charge on any atom is -0.437 e. The summed E-state index contributed by atoms with van der Waals surface area (Å²) in [6.45, 7) is 10.4. The summed E-state index contributed by atoms with van der Waals surface area (Å²) in [5.41, 5.74) is 3.08. The van der Waals surface area contributed by atoms with Gasteiger partial charge in [-0.2, -0.15) is 0 Å².